The maximum absolute atomic E-state index is 12.1. The molecule has 0 unspecified atom stereocenters. The van der Waals surface area contributed by atoms with Gasteiger partial charge in [-0.3, -0.25) is 0 Å². The number of para-hydroxylation sites is 1. The third kappa shape index (κ3) is 3.63. The van der Waals surface area contributed by atoms with E-state index in [-0.39, 0.29) is 4.90 Å². The fraction of sp³-hybridized carbons (Fsp3) is 0.333. The van der Waals surface area contributed by atoms with Gasteiger partial charge in [-0.2, -0.15) is 0 Å². The molecule has 0 amide bonds. The summed E-state index contributed by atoms with van der Waals surface area (Å²) in [6, 6.07) is 9.09. The maximum Gasteiger partial charge on any atom is 0.186 e. The van der Waals surface area contributed by atoms with Crippen molar-refractivity contribution < 1.29 is 17.9 Å². The molecule has 0 aliphatic carbocycles. The lowest BCUT2D eigenvalue weighted by Crippen LogP contribution is -2.46. The number of thiazole rings is 2. The second-order valence-electron chi connectivity index (χ2n) is 7.49. The third-order valence-corrected chi connectivity index (χ3v) is 8.83. The van der Waals surface area contributed by atoms with Crippen molar-refractivity contribution in [2.45, 2.75) is 4.90 Å². The summed E-state index contributed by atoms with van der Waals surface area (Å²) in [5.41, 5.74) is 1.37. The Hall–Kier alpha value is -2.63. The number of ether oxygens (including phenoxy) is 2. The Morgan fingerprint density at radius 1 is 0.844 bits per heavy atom. The van der Waals surface area contributed by atoms with E-state index in [4.69, 9.17) is 14.5 Å². The molecule has 1 saturated heterocycles. The Balaban J connectivity index is 1.39. The van der Waals surface area contributed by atoms with Gasteiger partial charge in [0.2, 0.25) is 0 Å². The number of sulfone groups is 1. The van der Waals surface area contributed by atoms with Gasteiger partial charge in [0, 0.05) is 32.4 Å². The predicted molar refractivity (Wildman–Crippen MR) is 130 cm³/mol. The van der Waals surface area contributed by atoms with Gasteiger partial charge in [-0.15, -0.1) is 0 Å². The first-order chi connectivity index (χ1) is 15.4. The summed E-state index contributed by atoms with van der Waals surface area (Å²) in [4.78, 5) is 14.3. The Morgan fingerprint density at radius 2 is 1.44 bits per heavy atom. The molecular formula is C21H22N4O4S3. The molecule has 0 radical (unpaired) electrons. The van der Waals surface area contributed by atoms with Crippen LogP contribution in [0.25, 0.3) is 20.4 Å². The average molecular weight is 491 g/mol. The molecule has 11 heteroatoms. The van der Waals surface area contributed by atoms with Crippen molar-refractivity contribution in [1.82, 2.24) is 9.97 Å². The van der Waals surface area contributed by atoms with Crippen molar-refractivity contribution in [2.75, 3.05) is 56.5 Å². The second-order valence-corrected chi connectivity index (χ2v) is 11.5. The number of anilines is 2. The largest absolute Gasteiger partial charge is 0.495 e. The quantitative estimate of drug-likeness (QED) is 0.419. The summed E-state index contributed by atoms with van der Waals surface area (Å²) in [7, 11) is -0.0216. The molecule has 0 N–H and O–H groups in total. The summed E-state index contributed by atoms with van der Waals surface area (Å²) in [6.45, 7) is 3.13. The monoisotopic (exact) mass is 490 g/mol. The van der Waals surface area contributed by atoms with Crippen molar-refractivity contribution >= 4 is 63.2 Å². The van der Waals surface area contributed by atoms with Gasteiger partial charge in [0.1, 0.15) is 27.2 Å². The van der Waals surface area contributed by atoms with Crippen LogP contribution in [0.2, 0.25) is 0 Å². The van der Waals surface area contributed by atoms with Gasteiger partial charge in [-0.05, 0) is 24.3 Å². The Labute approximate surface area is 193 Å². The first kappa shape index (κ1) is 21.2. The molecule has 0 spiro atoms. The molecule has 8 nitrogen and oxygen atoms in total. The number of methoxy groups -OCH3 is 2. The van der Waals surface area contributed by atoms with E-state index in [9.17, 15) is 8.42 Å². The third-order valence-electron chi connectivity index (χ3n) is 5.49. The number of fused-ring (bicyclic) bond motifs is 2. The molecule has 168 valence electrons. The highest BCUT2D eigenvalue weighted by molar-refractivity contribution is 7.91. The Bertz CT molecular complexity index is 1360. The van der Waals surface area contributed by atoms with Crippen LogP contribution in [0.15, 0.2) is 35.2 Å². The zero-order valence-corrected chi connectivity index (χ0v) is 20.3. The van der Waals surface area contributed by atoms with Crippen LogP contribution in [0.4, 0.5) is 10.3 Å². The summed E-state index contributed by atoms with van der Waals surface area (Å²) in [5.74, 6) is 1.53. The normalized spacial score (nSPS) is 15.0. The first-order valence-corrected chi connectivity index (χ1v) is 13.5. The zero-order valence-electron chi connectivity index (χ0n) is 17.9. The SMILES string of the molecule is COc1ccc(OC)c2sc(N3CCN(c4nc5c(S(C)(=O)=O)cccc5s4)CC3)nc12. The molecule has 3 heterocycles. The van der Waals surface area contributed by atoms with Crippen LogP contribution in [0.1, 0.15) is 0 Å². The summed E-state index contributed by atoms with van der Waals surface area (Å²) in [6.07, 6.45) is 1.22. The topological polar surface area (TPSA) is 84.9 Å². The molecule has 4 aromatic rings. The molecule has 32 heavy (non-hydrogen) atoms. The van der Waals surface area contributed by atoms with E-state index in [1.807, 2.05) is 18.2 Å². The van der Waals surface area contributed by atoms with Crippen LogP contribution in [-0.2, 0) is 9.84 Å². The molecule has 0 saturated carbocycles. The number of nitrogens with zero attached hydrogens (tertiary/aromatic N) is 4. The molecule has 2 aromatic heterocycles. The smallest absolute Gasteiger partial charge is 0.186 e. The van der Waals surface area contributed by atoms with Crippen LogP contribution in [0.5, 0.6) is 11.5 Å². The van der Waals surface area contributed by atoms with Crippen LogP contribution in [0.3, 0.4) is 0 Å². The highest BCUT2D eigenvalue weighted by Crippen LogP contribution is 2.40. The maximum atomic E-state index is 12.1. The fourth-order valence-electron chi connectivity index (χ4n) is 3.84. The van der Waals surface area contributed by atoms with Gasteiger partial charge in [0.15, 0.2) is 20.1 Å². The van der Waals surface area contributed by atoms with E-state index in [0.29, 0.717) is 5.52 Å². The first-order valence-electron chi connectivity index (χ1n) is 10.00. The summed E-state index contributed by atoms with van der Waals surface area (Å²) in [5, 5.41) is 1.79. The van der Waals surface area contributed by atoms with Gasteiger partial charge in [-0.25, -0.2) is 18.4 Å². The molecule has 1 aliphatic rings. The van der Waals surface area contributed by atoms with Crippen molar-refractivity contribution in [3.8, 4) is 11.5 Å². The van der Waals surface area contributed by atoms with Gasteiger partial charge in [0.25, 0.3) is 0 Å². The number of aromatic nitrogens is 2. The van der Waals surface area contributed by atoms with E-state index in [2.05, 4.69) is 14.8 Å². The highest BCUT2D eigenvalue weighted by Gasteiger charge is 2.25. The lowest BCUT2D eigenvalue weighted by atomic mass is 10.3. The Kier molecular flexibility index (Phi) is 5.34. The number of hydrogen-bond donors (Lipinski definition) is 0. The predicted octanol–water partition coefficient (Wildman–Crippen LogP) is 3.65. The summed E-state index contributed by atoms with van der Waals surface area (Å²) < 4.78 is 37.1. The average Bonchev–Trinajstić information content (AvgIpc) is 3.42. The number of piperazine rings is 1. The van der Waals surface area contributed by atoms with E-state index >= 15 is 0 Å². The molecule has 1 fully saturated rings. The van der Waals surface area contributed by atoms with E-state index in [1.54, 1.807) is 37.7 Å². The van der Waals surface area contributed by atoms with Crippen LogP contribution >= 0.6 is 22.7 Å². The minimum atomic E-state index is -3.33. The number of benzene rings is 2. The van der Waals surface area contributed by atoms with Crippen molar-refractivity contribution in [3.63, 3.8) is 0 Å². The molecule has 1 aliphatic heterocycles. The van der Waals surface area contributed by atoms with Crippen LogP contribution < -0.4 is 19.3 Å². The number of hydrogen-bond acceptors (Lipinski definition) is 10. The minimum Gasteiger partial charge on any atom is -0.495 e. The van der Waals surface area contributed by atoms with E-state index < -0.39 is 9.84 Å². The van der Waals surface area contributed by atoms with Crippen molar-refractivity contribution in [3.05, 3.63) is 30.3 Å². The fourth-order valence-corrected chi connectivity index (χ4v) is 6.91. The van der Waals surface area contributed by atoms with Gasteiger partial charge in [0.05, 0.1) is 23.8 Å². The lowest BCUT2D eigenvalue weighted by molar-refractivity contribution is 0.410. The lowest BCUT2D eigenvalue weighted by Gasteiger charge is -2.34. The van der Waals surface area contributed by atoms with Crippen LogP contribution in [-0.4, -0.2) is 65.0 Å². The van der Waals surface area contributed by atoms with Crippen LogP contribution in [0, 0.1) is 0 Å². The molecule has 2 aromatic carbocycles. The number of rotatable bonds is 5. The van der Waals surface area contributed by atoms with E-state index in [0.717, 1.165) is 62.9 Å². The highest BCUT2D eigenvalue weighted by atomic mass is 32.2. The summed E-state index contributed by atoms with van der Waals surface area (Å²) >= 11 is 3.13. The zero-order chi connectivity index (χ0) is 22.5. The van der Waals surface area contributed by atoms with Gasteiger partial charge in [-0.1, -0.05) is 28.7 Å². The molecule has 5 rings (SSSR count). The molecule has 0 bridgehead atoms. The van der Waals surface area contributed by atoms with E-state index in [1.165, 1.54) is 17.6 Å². The second kappa shape index (κ2) is 8.05. The van der Waals surface area contributed by atoms with Crippen molar-refractivity contribution in [2.24, 2.45) is 0 Å². The van der Waals surface area contributed by atoms with Gasteiger partial charge < -0.3 is 19.3 Å². The Morgan fingerprint density at radius 3 is 2.06 bits per heavy atom. The van der Waals surface area contributed by atoms with Crippen molar-refractivity contribution in [1.29, 1.82) is 0 Å². The van der Waals surface area contributed by atoms with Gasteiger partial charge >= 0.3 is 0 Å². The molecular weight excluding hydrogens is 468 g/mol. The minimum absolute atomic E-state index is 0.286. The standard InChI is InChI=1S/C21H22N4O4S3/c1-28-13-7-8-14(29-2)19-17(13)22-21(31-19)25-11-9-24(10-12-25)20-23-18-15(30-20)5-4-6-16(18)32(3,26)27/h4-8H,9-12H2,1-3H3. The molecule has 0 atom stereocenters.